The fourth-order valence-electron chi connectivity index (χ4n) is 2.21. The fourth-order valence-corrected chi connectivity index (χ4v) is 2.21. The molecule has 94 valence electrons. The Hall–Kier alpha value is -1.40. The summed E-state index contributed by atoms with van der Waals surface area (Å²) in [5.74, 6) is 5.98. The molecule has 1 aromatic rings. The van der Waals surface area contributed by atoms with Gasteiger partial charge in [-0.1, -0.05) is 6.92 Å². The van der Waals surface area contributed by atoms with Gasteiger partial charge in [-0.2, -0.15) is 0 Å². The number of aromatic nitrogens is 2. The molecule has 6 nitrogen and oxygen atoms in total. The van der Waals surface area contributed by atoms with Crippen LogP contribution in [0.25, 0.3) is 0 Å². The number of hydrogen-bond donors (Lipinski definition) is 2. The van der Waals surface area contributed by atoms with E-state index in [2.05, 4.69) is 26.8 Å². The SMILES string of the molecule is CC(C(=O)NN)C(C)N1CCn2ccnc2C1. The average Bonchev–Trinajstić information content (AvgIpc) is 2.83. The molecule has 0 saturated carbocycles. The van der Waals surface area contributed by atoms with Gasteiger partial charge in [0.25, 0.3) is 0 Å². The maximum atomic E-state index is 11.5. The largest absolute Gasteiger partial charge is 0.333 e. The number of nitrogens with one attached hydrogen (secondary N) is 1. The van der Waals surface area contributed by atoms with Crippen molar-refractivity contribution in [2.75, 3.05) is 6.54 Å². The number of fused-ring (bicyclic) bond motifs is 1. The number of hydrogen-bond acceptors (Lipinski definition) is 4. The highest BCUT2D eigenvalue weighted by Gasteiger charge is 2.28. The van der Waals surface area contributed by atoms with Crippen molar-refractivity contribution >= 4 is 5.91 Å². The molecule has 2 heterocycles. The molecule has 0 aliphatic carbocycles. The van der Waals surface area contributed by atoms with Crippen molar-refractivity contribution < 1.29 is 4.79 Å². The molecule has 6 heteroatoms. The van der Waals surface area contributed by atoms with Crippen LogP contribution in [0.15, 0.2) is 12.4 Å². The van der Waals surface area contributed by atoms with E-state index >= 15 is 0 Å². The van der Waals surface area contributed by atoms with E-state index in [1.54, 1.807) is 0 Å². The van der Waals surface area contributed by atoms with E-state index in [4.69, 9.17) is 5.84 Å². The Morgan fingerprint density at radius 2 is 2.29 bits per heavy atom. The predicted octanol–water partition coefficient (Wildman–Crippen LogP) is -0.287. The highest BCUT2D eigenvalue weighted by molar-refractivity contribution is 5.78. The van der Waals surface area contributed by atoms with Crippen molar-refractivity contribution in [3.05, 3.63) is 18.2 Å². The van der Waals surface area contributed by atoms with Gasteiger partial charge in [0.2, 0.25) is 5.91 Å². The molecular formula is C11H19N5O. The third kappa shape index (κ3) is 2.32. The highest BCUT2D eigenvalue weighted by atomic mass is 16.2. The lowest BCUT2D eigenvalue weighted by atomic mass is 10.0. The summed E-state index contributed by atoms with van der Waals surface area (Å²) in [6.45, 7) is 6.60. The van der Waals surface area contributed by atoms with E-state index in [0.717, 1.165) is 25.5 Å². The predicted molar refractivity (Wildman–Crippen MR) is 63.6 cm³/mol. The van der Waals surface area contributed by atoms with Gasteiger partial charge < -0.3 is 4.57 Å². The van der Waals surface area contributed by atoms with Crippen molar-refractivity contribution in [2.45, 2.75) is 33.0 Å². The first kappa shape index (κ1) is 12.1. The lowest BCUT2D eigenvalue weighted by molar-refractivity contribution is -0.126. The summed E-state index contributed by atoms with van der Waals surface area (Å²) in [7, 11) is 0. The van der Waals surface area contributed by atoms with E-state index in [-0.39, 0.29) is 17.9 Å². The van der Waals surface area contributed by atoms with Crippen molar-refractivity contribution in [3.8, 4) is 0 Å². The van der Waals surface area contributed by atoms with Crippen LogP contribution >= 0.6 is 0 Å². The number of rotatable bonds is 3. The Labute approximate surface area is 101 Å². The second-order valence-electron chi connectivity index (χ2n) is 4.55. The third-order valence-electron chi connectivity index (χ3n) is 3.63. The van der Waals surface area contributed by atoms with Crippen molar-refractivity contribution in [1.29, 1.82) is 0 Å². The monoisotopic (exact) mass is 237 g/mol. The van der Waals surface area contributed by atoms with Crippen LogP contribution in [0.1, 0.15) is 19.7 Å². The lowest BCUT2D eigenvalue weighted by Gasteiger charge is -2.35. The summed E-state index contributed by atoms with van der Waals surface area (Å²) >= 11 is 0. The summed E-state index contributed by atoms with van der Waals surface area (Å²) in [5.41, 5.74) is 2.21. The zero-order valence-corrected chi connectivity index (χ0v) is 10.3. The van der Waals surface area contributed by atoms with Crippen LogP contribution in [0.5, 0.6) is 0 Å². The van der Waals surface area contributed by atoms with Crippen LogP contribution in [-0.4, -0.2) is 32.9 Å². The molecule has 2 rings (SSSR count). The van der Waals surface area contributed by atoms with Crippen LogP contribution in [0.4, 0.5) is 0 Å². The standard InChI is InChI=1S/C11H19N5O/c1-8(11(17)14-12)9(2)16-6-5-15-4-3-13-10(15)7-16/h3-4,8-9H,5-7,12H2,1-2H3,(H,14,17). The first-order valence-electron chi connectivity index (χ1n) is 5.88. The summed E-state index contributed by atoms with van der Waals surface area (Å²) < 4.78 is 2.15. The Morgan fingerprint density at radius 1 is 1.53 bits per heavy atom. The molecule has 2 atom stereocenters. The molecule has 0 aromatic carbocycles. The topological polar surface area (TPSA) is 76.2 Å². The molecule has 0 spiro atoms. The van der Waals surface area contributed by atoms with E-state index in [1.165, 1.54) is 0 Å². The van der Waals surface area contributed by atoms with Gasteiger partial charge >= 0.3 is 0 Å². The van der Waals surface area contributed by atoms with Gasteiger partial charge in [-0.05, 0) is 6.92 Å². The fraction of sp³-hybridized carbons (Fsp3) is 0.636. The molecule has 1 aliphatic heterocycles. The molecule has 1 amide bonds. The van der Waals surface area contributed by atoms with Gasteiger partial charge in [-0.15, -0.1) is 0 Å². The number of hydrazine groups is 1. The first-order valence-corrected chi connectivity index (χ1v) is 5.88. The first-order chi connectivity index (χ1) is 8.13. The molecule has 0 saturated heterocycles. The van der Waals surface area contributed by atoms with Gasteiger partial charge in [0.1, 0.15) is 5.82 Å². The Kier molecular flexibility index (Phi) is 3.44. The van der Waals surface area contributed by atoms with E-state index in [9.17, 15) is 4.79 Å². The smallest absolute Gasteiger partial charge is 0.238 e. The number of nitrogens with two attached hydrogens (primary N) is 1. The Morgan fingerprint density at radius 3 is 3.00 bits per heavy atom. The minimum absolute atomic E-state index is 0.119. The average molecular weight is 237 g/mol. The van der Waals surface area contributed by atoms with Crippen LogP contribution < -0.4 is 11.3 Å². The summed E-state index contributed by atoms with van der Waals surface area (Å²) in [4.78, 5) is 18.1. The molecule has 0 bridgehead atoms. The maximum Gasteiger partial charge on any atom is 0.238 e. The Bertz CT molecular complexity index is 402. The van der Waals surface area contributed by atoms with Crippen LogP contribution in [0.3, 0.4) is 0 Å². The van der Waals surface area contributed by atoms with Crippen molar-refractivity contribution in [2.24, 2.45) is 11.8 Å². The van der Waals surface area contributed by atoms with E-state index in [0.29, 0.717) is 0 Å². The van der Waals surface area contributed by atoms with Crippen LogP contribution in [-0.2, 0) is 17.9 Å². The van der Waals surface area contributed by atoms with Gasteiger partial charge in [0, 0.05) is 31.5 Å². The van der Waals surface area contributed by atoms with E-state index in [1.807, 2.05) is 19.3 Å². The van der Waals surface area contributed by atoms with Gasteiger partial charge in [0.05, 0.1) is 12.5 Å². The van der Waals surface area contributed by atoms with E-state index < -0.39 is 0 Å². The normalized spacial score (nSPS) is 19.5. The molecule has 1 aliphatic rings. The number of imidazole rings is 1. The summed E-state index contributed by atoms with van der Waals surface area (Å²) in [6.07, 6.45) is 3.81. The number of carbonyl (C=O) groups excluding carboxylic acids is 1. The molecular weight excluding hydrogens is 218 g/mol. The number of carbonyl (C=O) groups is 1. The minimum atomic E-state index is -0.124. The lowest BCUT2D eigenvalue weighted by Crippen LogP contribution is -2.48. The zero-order chi connectivity index (χ0) is 12.4. The molecule has 3 N–H and O–H groups in total. The zero-order valence-electron chi connectivity index (χ0n) is 10.3. The molecule has 2 unspecified atom stereocenters. The minimum Gasteiger partial charge on any atom is -0.333 e. The molecule has 0 radical (unpaired) electrons. The molecule has 1 aromatic heterocycles. The maximum absolute atomic E-state index is 11.5. The second-order valence-corrected chi connectivity index (χ2v) is 4.55. The summed E-state index contributed by atoms with van der Waals surface area (Å²) in [6, 6.07) is 0.156. The Balaban J connectivity index is 2.03. The van der Waals surface area contributed by atoms with Crippen molar-refractivity contribution in [3.63, 3.8) is 0 Å². The second kappa shape index (κ2) is 4.85. The van der Waals surface area contributed by atoms with Gasteiger partial charge in [0.15, 0.2) is 0 Å². The quantitative estimate of drug-likeness (QED) is 0.430. The summed E-state index contributed by atoms with van der Waals surface area (Å²) in [5, 5.41) is 0. The van der Waals surface area contributed by atoms with Crippen molar-refractivity contribution in [1.82, 2.24) is 19.9 Å². The van der Waals surface area contributed by atoms with Gasteiger partial charge in [-0.25, -0.2) is 10.8 Å². The molecule has 0 fully saturated rings. The molecule has 17 heavy (non-hydrogen) atoms. The van der Waals surface area contributed by atoms with Crippen LogP contribution in [0, 0.1) is 5.92 Å². The van der Waals surface area contributed by atoms with Crippen LogP contribution in [0.2, 0.25) is 0 Å². The number of nitrogens with zero attached hydrogens (tertiary/aromatic N) is 3. The van der Waals surface area contributed by atoms with Gasteiger partial charge in [-0.3, -0.25) is 15.1 Å². The number of amides is 1. The third-order valence-corrected chi connectivity index (χ3v) is 3.63. The highest BCUT2D eigenvalue weighted by Crippen LogP contribution is 2.17.